The van der Waals surface area contributed by atoms with E-state index in [4.69, 9.17) is 5.11 Å². The Bertz CT molecular complexity index is 1060. The van der Waals surface area contributed by atoms with Crippen LogP contribution >= 0.6 is 0 Å². The van der Waals surface area contributed by atoms with Crippen molar-refractivity contribution in [1.29, 1.82) is 0 Å². The average molecular weight is 395 g/mol. The van der Waals surface area contributed by atoms with Crippen molar-refractivity contribution in [3.05, 3.63) is 54.1 Å². The quantitative estimate of drug-likeness (QED) is 0.776. The van der Waals surface area contributed by atoms with Gasteiger partial charge < -0.3 is 10.4 Å². The van der Waals surface area contributed by atoms with Gasteiger partial charge in [-0.2, -0.15) is 12.7 Å². The second kappa shape index (κ2) is 6.80. The third-order valence-corrected chi connectivity index (χ3v) is 7.08. The number of rotatable bonds is 5. The molecule has 0 aliphatic carbocycles. The molecule has 0 radical (unpaired) electrons. The van der Waals surface area contributed by atoms with Crippen molar-refractivity contribution < 1.29 is 21.9 Å². The van der Waals surface area contributed by atoms with E-state index in [-0.39, 0.29) is 28.8 Å². The normalized spacial score (nSPS) is 15.6. The fraction of sp³-hybridized carbons (Fsp3) is 0.188. The molecule has 2 N–H and O–H groups in total. The number of anilines is 1. The van der Waals surface area contributed by atoms with E-state index in [1.54, 1.807) is 18.2 Å². The molecule has 3 rings (SSSR count). The molecule has 138 valence electrons. The van der Waals surface area contributed by atoms with Crippen LogP contribution in [0.1, 0.15) is 5.56 Å². The lowest BCUT2D eigenvalue weighted by molar-refractivity contribution is 0.266. The number of aliphatic hydroxyl groups is 1. The van der Waals surface area contributed by atoms with Crippen LogP contribution in [0.4, 0.5) is 5.69 Å². The second-order valence-corrected chi connectivity index (χ2v) is 9.23. The molecule has 0 amide bonds. The van der Waals surface area contributed by atoms with Crippen LogP contribution in [0, 0.1) is 0 Å². The largest absolute Gasteiger partial charge is 0.395 e. The molecule has 0 atom stereocenters. The number of hydrogen-bond donors (Lipinski definition) is 2. The zero-order valence-electron chi connectivity index (χ0n) is 13.8. The van der Waals surface area contributed by atoms with Gasteiger partial charge in [0.05, 0.1) is 11.5 Å². The van der Waals surface area contributed by atoms with Gasteiger partial charge >= 0.3 is 0 Å². The molecule has 2 aromatic carbocycles. The zero-order valence-corrected chi connectivity index (χ0v) is 15.5. The molecule has 1 heterocycles. The lowest BCUT2D eigenvalue weighted by atomic mass is 10.2. The van der Waals surface area contributed by atoms with Crippen molar-refractivity contribution in [2.45, 2.75) is 9.79 Å². The van der Waals surface area contributed by atoms with Gasteiger partial charge in [-0.15, -0.1) is 4.40 Å². The predicted octanol–water partition coefficient (Wildman–Crippen LogP) is 0.860. The Balaban J connectivity index is 1.86. The smallest absolute Gasteiger partial charge is 0.285 e. The summed E-state index contributed by atoms with van der Waals surface area (Å²) in [5.74, 6) is 0.189. The van der Waals surface area contributed by atoms with E-state index in [2.05, 4.69) is 9.71 Å². The van der Waals surface area contributed by atoms with Crippen LogP contribution in [-0.2, 0) is 20.0 Å². The van der Waals surface area contributed by atoms with Crippen molar-refractivity contribution in [2.75, 3.05) is 25.5 Å². The lowest BCUT2D eigenvalue weighted by Gasteiger charge is -2.16. The lowest BCUT2D eigenvalue weighted by Crippen LogP contribution is -2.29. The van der Waals surface area contributed by atoms with Crippen LogP contribution in [0.15, 0.2) is 62.7 Å². The molecular formula is C16H17N3O5S2. The first-order valence-corrected chi connectivity index (χ1v) is 10.5. The van der Waals surface area contributed by atoms with Gasteiger partial charge in [0, 0.05) is 24.8 Å². The van der Waals surface area contributed by atoms with Crippen molar-refractivity contribution in [3.63, 3.8) is 0 Å². The van der Waals surface area contributed by atoms with Crippen LogP contribution in [0.5, 0.6) is 0 Å². The van der Waals surface area contributed by atoms with E-state index in [0.717, 1.165) is 4.31 Å². The molecule has 0 spiro atoms. The van der Waals surface area contributed by atoms with Crippen molar-refractivity contribution in [1.82, 2.24) is 4.31 Å². The third kappa shape index (κ3) is 3.36. The van der Waals surface area contributed by atoms with Gasteiger partial charge in [-0.25, -0.2) is 8.42 Å². The number of hydrogen-bond acceptors (Lipinski definition) is 6. The first-order chi connectivity index (χ1) is 12.3. The van der Waals surface area contributed by atoms with Gasteiger partial charge in [0.15, 0.2) is 5.84 Å². The highest BCUT2D eigenvalue weighted by molar-refractivity contribution is 7.90. The van der Waals surface area contributed by atoms with E-state index < -0.39 is 20.0 Å². The van der Waals surface area contributed by atoms with Crippen LogP contribution in [0.25, 0.3) is 0 Å². The standard InChI is InChI=1S/C16H17N3O5S2/c1-19(10-11-20)26(23,24)13-8-6-12(7-9-13)17-16-14-4-2-3-5-15(14)25(21,22)18-16/h2-9,20H,10-11H2,1H3,(H,17,18). The number of aliphatic hydroxyl groups excluding tert-OH is 1. The summed E-state index contributed by atoms with van der Waals surface area (Å²) in [5.41, 5.74) is 0.964. The summed E-state index contributed by atoms with van der Waals surface area (Å²) >= 11 is 0. The summed E-state index contributed by atoms with van der Waals surface area (Å²) in [6, 6.07) is 12.3. The minimum absolute atomic E-state index is 0.00617. The second-order valence-electron chi connectivity index (χ2n) is 5.61. The highest BCUT2D eigenvalue weighted by atomic mass is 32.2. The summed E-state index contributed by atoms with van der Waals surface area (Å²) in [7, 11) is -6.04. The topological polar surface area (TPSA) is 116 Å². The number of nitrogens with zero attached hydrogens (tertiary/aromatic N) is 2. The van der Waals surface area contributed by atoms with Crippen LogP contribution < -0.4 is 5.32 Å². The molecule has 10 heteroatoms. The Hall–Kier alpha value is -2.27. The van der Waals surface area contributed by atoms with Crippen LogP contribution in [0.3, 0.4) is 0 Å². The fourth-order valence-electron chi connectivity index (χ4n) is 2.48. The molecule has 8 nitrogen and oxygen atoms in total. The Kier molecular flexibility index (Phi) is 4.84. The molecular weight excluding hydrogens is 378 g/mol. The summed E-state index contributed by atoms with van der Waals surface area (Å²) < 4.78 is 53.5. The molecule has 26 heavy (non-hydrogen) atoms. The van der Waals surface area contributed by atoms with Crippen molar-refractivity contribution in [2.24, 2.45) is 4.40 Å². The highest BCUT2D eigenvalue weighted by Gasteiger charge is 2.28. The van der Waals surface area contributed by atoms with E-state index in [0.29, 0.717) is 11.3 Å². The first kappa shape index (κ1) is 18.5. The van der Waals surface area contributed by atoms with Crippen molar-refractivity contribution >= 4 is 31.6 Å². The van der Waals surface area contributed by atoms with Gasteiger partial charge in [-0.3, -0.25) is 0 Å². The number of likely N-dealkylation sites (N-methyl/N-ethyl adjacent to an activating group) is 1. The monoisotopic (exact) mass is 395 g/mol. The van der Waals surface area contributed by atoms with Gasteiger partial charge in [0.2, 0.25) is 10.0 Å². The molecule has 0 bridgehead atoms. The minimum Gasteiger partial charge on any atom is -0.395 e. The maximum Gasteiger partial charge on any atom is 0.285 e. The van der Waals surface area contributed by atoms with E-state index in [1.807, 2.05) is 0 Å². The fourth-order valence-corrected chi connectivity index (χ4v) is 4.82. The summed E-state index contributed by atoms with van der Waals surface area (Å²) in [6.45, 7) is -0.281. The molecule has 1 aliphatic rings. The average Bonchev–Trinajstić information content (AvgIpc) is 2.86. The minimum atomic E-state index is -3.72. The van der Waals surface area contributed by atoms with Crippen molar-refractivity contribution in [3.8, 4) is 0 Å². The number of fused-ring (bicyclic) bond motifs is 1. The van der Waals surface area contributed by atoms with E-state index >= 15 is 0 Å². The third-order valence-electron chi connectivity index (χ3n) is 3.87. The summed E-state index contributed by atoms with van der Waals surface area (Å²) in [6.07, 6.45) is 0. The first-order valence-electron chi connectivity index (χ1n) is 7.64. The predicted molar refractivity (Wildman–Crippen MR) is 97.1 cm³/mol. The molecule has 0 unspecified atom stereocenters. The van der Waals surface area contributed by atoms with Gasteiger partial charge in [-0.1, -0.05) is 12.1 Å². The maximum absolute atomic E-state index is 12.3. The Labute approximate surface area is 151 Å². The Morgan fingerprint density at radius 3 is 2.42 bits per heavy atom. The van der Waals surface area contributed by atoms with Gasteiger partial charge in [0.25, 0.3) is 10.0 Å². The Morgan fingerprint density at radius 2 is 1.77 bits per heavy atom. The number of benzene rings is 2. The Morgan fingerprint density at radius 1 is 1.12 bits per heavy atom. The van der Waals surface area contributed by atoms with Gasteiger partial charge in [-0.05, 0) is 36.4 Å². The van der Waals surface area contributed by atoms with E-state index in [9.17, 15) is 16.8 Å². The summed E-state index contributed by atoms with van der Waals surface area (Å²) in [5, 5.41) is 11.8. The molecule has 0 fully saturated rings. The maximum atomic E-state index is 12.3. The number of amidine groups is 1. The molecule has 0 saturated carbocycles. The van der Waals surface area contributed by atoms with Gasteiger partial charge in [0.1, 0.15) is 4.90 Å². The summed E-state index contributed by atoms with van der Waals surface area (Å²) in [4.78, 5) is 0.202. The van der Waals surface area contributed by atoms with E-state index in [1.165, 1.54) is 37.4 Å². The van der Waals surface area contributed by atoms with Crippen LogP contribution in [-0.4, -0.2) is 52.3 Å². The van der Waals surface area contributed by atoms with Crippen LogP contribution in [0.2, 0.25) is 0 Å². The molecule has 2 aromatic rings. The zero-order chi connectivity index (χ0) is 18.9. The molecule has 0 aromatic heterocycles. The molecule has 1 aliphatic heterocycles. The number of sulfonamides is 2. The highest BCUT2D eigenvalue weighted by Crippen LogP contribution is 2.27. The number of nitrogens with one attached hydrogen (secondary N) is 1. The SMILES string of the molecule is CN(CCO)S(=O)(=O)c1ccc(NC2=NS(=O)(=O)c3ccccc32)cc1. The molecule has 0 saturated heterocycles.